The molecule has 0 aliphatic rings. The first-order chi connectivity index (χ1) is 12.0. The maximum Gasteiger partial charge on any atom is 0.254 e. The Morgan fingerprint density at radius 1 is 1.24 bits per heavy atom. The van der Waals surface area contributed by atoms with E-state index >= 15 is 0 Å². The van der Waals surface area contributed by atoms with Gasteiger partial charge in [0.15, 0.2) is 11.5 Å². The van der Waals surface area contributed by atoms with Crippen molar-refractivity contribution in [1.82, 2.24) is 4.90 Å². The van der Waals surface area contributed by atoms with Crippen molar-refractivity contribution in [1.29, 1.82) is 0 Å². The summed E-state index contributed by atoms with van der Waals surface area (Å²) in [6.45, 7) is 5.11. The number of carbonyl (C=O) groups excluding carboxylic acids is 1. The topological polar surface area (TPSA) is 38.8 Å². The second-order valence-electron chi connectivity index (χ2n) is 5.93. The molecule has 134 valence electrons. The molecule has 1 amide bonds. The Bertz CT molecular complexity index is 746. The highest BCUT2D eigenvalue weighted by Crippen LogP contribution is 2.36. The second-order valence-corrected chi connectivity index (χ2v) is 6.33. The van der Waals surface area contributed by atoms with E-state index in [-0.39, 0.29) is 5.91 Å². The minimum Gasteiger partial charge on any atom is -0.493 e. The van der Waals surface area contributed by atoms with E-state index in [1.165, 1.54) is 7.11 Å². The first-order valence-corrected chi connectivity index (χ1v) is 8.66. The molecular formula is C20H24ClNO3. The maximum absolute atomic E-state index is 12.8. The normalized spacial score (nSPS) is 10.4. The van der Waals surface area contributed by atoms with E-state index in [4.69, 9.17) is 21.1 Å². The van der Waals surface area contributed by atoms with Crippen molar-refractivity contribution < 1.29 is 14.3 Å². The fourth-order valence-corrected chi connectivity index (χ4v) is 2.79. The zero-order valence-electron chi connectivity index (χ0n) is 15.1. The molecular weight excluding hydrogens is 338 g/mol. The van der Waals surface area contributed by atoms with Crippen LogP contribution in [0.3, 0.4) is 0 Å². The molecule has 0 atom stereocenters. The molecule has 0 saturated carbocycles. The Morgan fingerprint density at radius 3 is 2.60 bits per heavy atom. The fraction of sp³-hybridized carbons (Fsp3) is 0.350. The molecule has 25 heavy (non-hydrogen) atoms. The molecule has 5 heteroatoms. The summed E-state index contributed by atoms with van der Waals surface area (Å²) >= 11 is 6.31. The monoisotopic (exact) mass is 361 g/mol. The number of halogens is 1. The number of hydrogen-bond donors (Lipinski definition) is 0. The molecule has 2 aromatic rings. The number of nitrogens with zero attached hydrogens (tertiary/aromatic N) is 1. The number of carbonyl (C=O) groups is 1. The van der Waals surface area contributed by atoms with Crippen LogP contribution in [0.2, 0.25) is 5.02 Å². The smallest absolute Gasteiger partial charge is 0.254 e. The summed E-state index contributed by atoms with van der Waals surface area (Å²) in [5.74, 6) is 0.822. The van der Waals surface area contributed by atoms with Gasteiger partial charge >= 0.3 is 0 Å². The molecule has 0 aliphatic carbocycles. The van der Waals surface area contributed by atoms with E-state index in [2.05, 4.69) is 0 Å². The van der Waals surface area contributed by atoms with Crippen LogP contribution in [0.1, 0.15) is 34.8 Å². The number of methoxy groups -OCH3 is 1. The molecule has 0 bridgehead atoms. The number of rotatable bonds is 7. The van der Waals surface area contributed by atoms with Crippen LogP contribution >= 0.6 is 11.6 Å². The largest absolute Gasteiger partial charge is 0.493 e. The number of aryl methyl sites for hydroxylation is 1. The molecule has 0 aliphatic heterocycles. The minimum atomic E-state index is -0.120. The zero-order chi connectivity index (χ0) is 18.4. The van der Waals surface area contributed by atoms with Gasteiger partial charge in [0.05, 0.1) is 18.7 Å². The van der Waals surface area contributed by atoms with Gasteiger partial charge in [-0.2, -0.15) is 0 Å². The van der Waals surface area contributed by atoms with Crippen molar-refractivity contribution in [3.05, 3.63) is 58.1 Å². The number of hydrogen-bond acceptors (Lipinski definition) is 3. The molecule has 0 radical (unpaired) electrons. The summed E-state index contributed by atoms with van der Waals surface area (Å²) in [6.07, 6.45) is 0.860. The summed E-state index contributed by atoms with van der Waals surface area (Å²) < 4.78 is 11.0. The van der Waals surface area contributed by atoms with Crippen LogP contribution in [0.15, 0.2) is 36.4 Å². The third kappa shape index (κ3) is 4.67. The van der Waals surface area contributed by atoms with Crippen LogP contribution in [0.4, 0.5) is 0 Å². The van der Waals surface area contributed by atoms with Gasteiger partial charge in [0.25, 0.3) is 5.91 Å². The summed E-state index contributed by atoms with van der Waals surface area (Å²) in [4.78, 5) is 14.4. The second kappa shape index (κ2) is 8.77. The van der Waals surface area contributed by atoms with Gasteiger partial charge in [-0.3, -0.25) is 4.79 Å². The van der Waals surface area contributed by atoms with Gasteiger partial charge < -0.3 is 14.4 Å². The highest BCUT2D eigenvalue weighted by molar-refractivity contribution is 6.32. The Kier molecular flexibility index (Phi) is 6.71. The summed E-state index contributed by atoms with van der Waals surface area (Å²) in [5.41, 5.74) is 2.74. The first kappa shape index (κ1) is 19.1. The van der Waals surface area contributed by atoms with Gasteiger partial charge in [0.1, 0.15) is 0 Å². The number of benzene rings is 2. The van der Waals surface area contributed by atoms with Crippen LogP contribution in [-0.4, -0.2) is 31.6 Å². The van der Waals surface area contributed by atoms with Crippen molar-refractivity contribution >= 4 is 17.5 Å². The van der Waals surface area contributed by atoms with Crippen molar-refractivity contribution in [3.63, 3.8) is 0 Å². The standard InChI is InChI=1S/C20H24ClNO3/c1-5-10-25-19-17(21)11-16(12-18(19)24-4)20(23)22(3)13-15-9-7-6-8-14(15)2/h6-9,11-12H,5,10,13H2,1-4H3. The maximum atomic E-state index is 12.8. The van der Waals surface area contributed by atoms with E-state index < -0.39 is 0 Å². The van der Waals surface area contributed by atoms with Gasteiger partial charge in [-0.25, -0.2) is 0 Å². The molecule has 4 nitrogen and oxygen atoms in total. The lowest BCUT2D eigenvalue weighted by Gasteiger charge is -2.20. The molecule has 0 heterocycles. The third-order valence-corrected chi connectivity index (χ3v) is 4.22. The lowest BCUT2D eigenvalue weighted by Crippen LogP contribution is -2.26. The quantitative estimate of drug-likeness (QED) is 0.716. The van der Waals surface area contributed by atoms with Crippen molar-refractivity contribution in [3.8, 4) is 11.5 Å². The van der Waals surface area contributed by atoms with Crippen molar-refractivity contribution in [2.24, 2.45) is 0 Å². The van der Waals surface area contributed by atoms with Crippen molar-refractivity contribution in [2.45, 2.75) is 26.8 Å². The van der Waals surface area contributed by atoms with E-state index in [1.807, 2.05) is 38.1 Å². The van der Waals surface area contributed by atoms with Crippen molar-refractivity contribution in [2.75, 3.05) is 20.8 Å². The van der Waals surface area contributed by atoms with Crippen LogP contribution in [0, 0.1) is 6.92 Å². The highest BCUT2D eigenvalue weighted by atomic mass is 35.5. The molecule has 0 spiro atoms. The van der Waals surface area contributed by atoms with E-state index in [0.717, 1.165) is 17.5 Å². The molecule has 0 fully saturated rings. The molecule has 0 N–H and O–H groups in total. The number of amides is 1. The van der Waals surface area contributed by atoms with Crippen LogP contribution in [0.5, 0.6) is 11.5 Å². The molecule has 0 saturated heterocycles. The Balaban J connectivity index is 2.23. The fourth-order valence-electron chi connectivity index (χ4n) is 2.52. The number of ether oxygens (including phenoxy) is 2. The van der Waals surface area contributed by atoms with Crippen LogP contribution in [0.25, 0.3) is 0 Å². The van der Waals surface area contributed by atoms with Crippen LogP contribution < -0.4 is 9.47 Å². The Labute approximate surface area is 154 Å². The average Bonchev–Trinajstić information content (AvgIpc) is 2.61. The molecule has 0 aromatic heterocycles. The van der Waals surface area contributed by atoms with E-state index in [0.29, 0.717) is 35.2 Å². The lowest BCUT2D eigenvalue weighted by atomic mass is 10.1. The van der Waals surface area contributed by atoms with Gasteiger partial charge in [-0.1, -0.05) is 42.8 Å². The Morgan fingerprint density at radius 2 is 1.96 bits per heavy atom. The van der Waals surface area contributed by atoms with E-state index in [9.17, 15) is 4.79 Å². The average molecular weight is 362 g/mol. The molecule has 2 rings (SSSR count). The molecule has 0 unspecified atom stereocenters. The lowest BCUT2D eigenvalue weighted by molar-refractivity contribution is 0.0784. The summed E-state index contributed by atoms with van der Waals surface area (Å²) in [7, 11) is 3.31. The summed E-state index contributed by atoms with van der Waals surface area (Å²) in [5, 5.41) is 0.375. The van der Waals surface area contributed by atoms with Gasteiger partial charge in [0.2, 0.25) is 0 Å². The zero-order valence-corrected chi connectivity index (χ0v) is 15.9. The molecule has 2 aromatic carbocycles. The van der Waals surface area contributed by atoms with Gasteiger partial charge in [-0.05, 0) is 36.6 Å². The third-order valence-electron chi connectivity index (χ3n) is 3.94. The van der Waals surface area contributed by atoms with Crippen LogP contribution in [-0.2, 0) is 6.54 Å². The van der Waals surface area contributed by atoms with Gasteiger partial charge in [-0.15, -0.1) is 0 Å². The minimum absolute atomic E-state index is 0.120. The highest BCUT2D eigenvalue weighted by Gasteiger charge is 2.19. The summed E-state index contributed by atoms with van der Waals surface area (Å²) in [6, 6.07) is 11.3. The Hall–Kier alpha value is -2.20. The predicted molar refractivity (Wildman–Crippen MR) is 101 cm³/mol. The van der Waals surface area contributed by atoms with Gasteiger partial charge in [0, 0.05) is 19.2 Å². The predicted octanol–water partition coefficient (Wildman–Crippen LogP) is 4.72. The van der Waals surface area contributed by atoms with E-state index in [1.54, 1.807) is 24.1 Å². The first-order valence-electron chi connectivity index (χ1n) is 8.28. The SMILES string of the molecule is CCCOc1c(Cl)cc(C(=O)N(C)Cc2ccccc2C)cc1OC.